The van der Waals surface area contributed by atoms with E-state index in [9.17, 15) is 4.79 Å². The third kappa shape index (κ3) is 2.48. The molecular weight excluding hydrogens is 308 g/mol. The Balaban J connectivity index is 1.81. The summed E-state index contributed by atoms with van der Waals surface area (Å²) in [6.07, 6.45) is 1.48. The smallest absolute Gasteiger partial charge is 0.200 e. The molecule has 5 heteroatoms. The zero-order valence-corrected chi connectivity index (χ0v) is 13.2. The molecule has 0 aliphatic carbocycles. The largest absolute Gasteiger partial charge is 0.494 e. The van der Waals surface area contributed by atoms with Crippen LogP contribution >= 0.6 is 0 Å². The number of hydrogen-bond acceptors (Lipinski definition) is 5. The van der Waals surface area contributed by atoms with Crippen LogP contribution in [0.5, 0.6) is 17.2 Å². The third-order valence-electron chi connectivity index (χ3n) is 3.91. The van der Waals surface area contributed by atoms with E-state index in [4.69, 9.17) is 18.6 Å². The summed E-state index contributed by atoms with van der Waals surface area (Å²) >= 11 is 0. The monoisotopic (exact) mass is 324 g/mol. The average molecular weight is 324 g/mol. The molecule has 0 bridgehead atoms. The molecule has 0 spiro atoms. The molecule has 0 unspecified atom stereocenters. The lowest BCUT2D eigenvalue weighted by Gasteiger charge is -2.18. The second kappa shape index (κ2) is 5.92. The summed E-state index contributed by atoms with van der Waals surface area (Å²) in [6, 6.07) is 10.7. The van der Waals surface area contributed by atoms with Gasteiger partial charge in [-0.1, -0.05) is 6.07 Å². The molecule has 122 valence electrons. The molecule has 3 aromatic rings. The molecule has 0 amide bonds. The molecule has 0 radical (unpaired) electrons. The molecule has 5 nitrogen and oxygen atoms in total. The molecular formula is C19H16O5. The van der Waals surface area contributed by atoms with Crippen molar-refractivity contribution in [1.29, 1.82) is 0 Å². The van der Waals surface area contributed by atoms with Gasteiger partial charge in [0.2, 0.25) is 0 Å². The molecule has 2 heterocycles. The summed E-state index contributed by atoms with van der Waals surface area (Å²) in [5.41, 5.74) is 1.65. The Bertz CT molecular complexity index is 958. The zero-order chi connectivity index (χ0) is 16.5. The first-order valence-electron chi connectivity index (χ1n) is 7.84. The molecule has 2 aromatic carbocycles. The normalized spacial score (nSPS) is 13.0. The fourth-order valence-corrected chi connectivity index (χ4v) is 2.78. The number of hydrogen-bond donors (Lipinski definition) is 0. The van der Waals surface area contributed by atoms with Crippen LogP contribution in [0, 0.1) is 0 Å². The van der Waals surface area contributed by atoms with E-state index in [1.807, 2.05) is 19.1 Å². The lowest BCUT2D eigenvalue weighted by Crippen LogP contribution is -2.15. The highest BCUT2D eigenvalue weighted by Gasteiger charge is 2.15. The SMILES string of the molecule is CCOc1ccc2c(=O)c(-c3ccc4c(c3)OCCO4)coc2c1. The van der Waals surface area contributed by atoms with E-state index in [-0.39, 0.29) is 5.43 Å². The maximum Gasteiger partial charge on any atom is 0.200 e. The van der Waals surface area contributed by atoms with Crippen LogP contribution < -0.4 is 19.6 Å². The maximum atomic E-state index is 12.8. The zero-order valence-electron chi connectivity index (χ0n) is 13.2. The van der Waals surface area contributed by atoms with E-state index in [0.29, 0.717) is 53.6 Å². The lowest BCUT2D eigenvalue weighted by atomic mass is 10.0. The van der Waals surface area contributed by atoms with Crippen molar-refractivity contribution >= 4 is 11.0 Å². The fourth-order valence-electron chi connectivity index (χ4n) is 2.78. The molecule has 1 aromatic heterocycles. The summed E-state index contributed by atoms with van der Waals surface area (Å²) < 4.78 is 22.2. The Kier molecular flexibility index (Phi) is 3.61. The van der Waals surface area contributed by atoms with Gasteiger partial charge in [-0.3, -0.25) is 4.79 Å². The molecule has 1 aliphatic heterocycles. The standard InChI is InChI=1S/C19H16O5/c1-2-21-13-4-5-14-17(10-13)24-11-15(19(14)20)12-3-6-16-18(9-12)23-8-7-22-16/h3-6,9-11H,2,7-8H2,1H3. The quantitative estimate of drug-likeness (QED) is 0.736. The predicted octanol–water partition coefficient (Wildman–Crippen LogP) is 3.63. The van der Waals surface area contributed by atoms with E-state index in [2.05, 4.69) is 0 Å². The van der Waals surface area contributed by atoms with Crippen LogP contribution in [0.15, 0.2) is 51.9 Å². The van der Waals surface area contributed by atoms with Gasteiger partial charge in [0.05, 0.1) is 17.6 Å². The topological polar surface area (TPSA) is 57.9 Å². The van der Waals surface area contributed by atoms with Crippen LogP contribution in [0.25, 0.3) is 22.1 Å². The number of benzene rings is 2. The van der Waals surface area contributed by atoms with Gasteiger partial charge in [0, 0.05) is 6.07 Å². The van der Waals surface area contributed by atoms with Crippen LogP contribution in [-0.2, 0) is 0 Å². The summed E-state index contributed by atoms with van der Waals surface area (Å²) in [6.45, 7) is 3.51. The van der Waals surface area contributed by atoms with Crippen molar-refractivity contribution in [2.24, 2.45) is 0 Å². The molecule has 0 saturated carbocycles. The van der Waals surface area contributed by atoms with E-state index >= 15 is 0 Å². The van der Waals surface area contributed by atoms with Crippen LogP contribution in [0.1, 0.15) is 6.92 Å². The lowest BCUT2D eigenvalue weighted by molar-refractivity contribution is 0.171. The van der Waals surface area contributed by atoms with Gasteiger partial charge in [-0.2, -0.15) is 0 Å². The second-order valence-electron chi connectivity index (χ2n) is 5.43. The van der Waals surface area contributed by atoms with Crippen molar-refractivity contribution in [2.75, 3.05) is 19.8 Å². The highest BCUT2D eigenvalue weighted by molar-refractivity contribution is 5.83. The van der Waals surface area contributed by atoms with Crippen LogP contribution in [0.4, 0.5) is 0 Å². The first-order valence-corrected chi connectivity index (χ1v) is 7.84. The Labute approximate surface area is 138 Å². The Morgan fingerprint density at radius 1 is 1.04 bits per heavy atom. The van der Waals surface area contributed by atoms with Gasteiger partial charge < -0.3 is 18.6 Å². The van der Waals surface area contributed by atoms with E-state index in [1.165, 1.54) is 6.26 Å². The summed E-state index contributed by atoms with van der Waals surface area (Å²) in [4.78, 5) is 12.8. The van der Waals surface area contributed by atoms with E-state index < -0.39 is 0 Å². The van der Waals surface area contributed by atoms with Crippen LogP contribution in [0.3, 0.4) is 0 Å². The minimum atomic E-state index is -0.0871. The molecule has 24 heavy (non-hydrogen) atoms. The van der Waals surface area contributed by atoms with Gasteiger partial charge in [0.25, 0.3) is 0 Å². The highest BCUT2D eigenvalue weighted by Crippen LogP contribution is 2.34. The molecule has 0 saturated heterocycles. The molecule has 0 atom stereocenters. The summed E-state index contributed by atoms with van der Waals surface area (Å²) in [7, 11) is 0. The summed E-state index contributed by atoms with van der Waals surface area (Å²) in [5, 5.41) is 0.519. The maximum absolute atomic E-state index is 12.8. The second-order valence-corrected chi connectivity index (χ2v) is 5.43. The summed E-state index contributed by atoms with van der Waals surface area (Å²) in [5.74, 6) is 2.02. The van der Waals surface area contributed by atoms with Gasteiger partial charge in [-0.15, -0.1) is 0 Å². The Morgan fingerprint density at radius 2 is 1.88 bits per heavy atom. The fraction of sp³-hybridized carbons (Fsp3) is 0.211. The van der Waals surface area contributed by atoms with Gasteiger partial charge >= 0.3 is 0 Å². The van der Waals surface area contributed by atoms with Gasteiger partial charge in [0.15, 0.2) is 16.9 Å². The van der Waals surface area contributed by atoms with E-state index in [1.54, 1.807) is 24.3 Å². The molecule has 1 aliphatic rings. The molecule has 0 fully saturated rings. The van der Waals surface area contributed by atoms with Crippen molar-refractivity contribution in [3.05, 3.63) is 52.9 Å². The van der Waals surface area contributed by atoms with Gasteiger partial charge in [-0.05, 0) is 36.8 Å². The van der Waals surface area contributed by atoms with Gasteiger partial charge in [-0.25, -0.2) is 0 Å². The van der Waals surface area contributed by atoms with Crippen molar-refractivity contribution in [1.82, 2.24) is 0 Å². The highest BCUT2D eigenvalue weighted by atomic mass is 16.6. The van der Waals surface area contributed by atoms with Crippen molar-refractivity contribution in [2.45, 2.75) is 6.92 Å². The predicted molar refractivity (Wildman–Crippen MR) is 90.1 cm³/mol. The van der Waals surface area contributed by atoms with Crippen LogP contribution in [-0.4, -0.2) is 19.8 Å². The molecule has 4 rings (SSSR count). The average Bonchev–Trinajstić information content (AvgIpc) is 2.62. The van der Waals surface area contributed by atoms with Crippen molar-refractivity contribution < 1.29 is 18.6 Å². The first-order chi connectivity index (χ1) is 11.8. The van der Waals surface area contributed by atoms with Crippen molar-refractivity contribution in [3.8, 4) is 28.4 Å². The number of fused-ring (bicyclic) bond motifs is 2. The number of rotatable bonds is 3. The van der Waals surface area contributed by atoms with Crippen LogP contribution in [0.2, 0.25) is 0 Å². The Morgan fingerprint density at radius 3 is 2.71 bits per heavy atom. The Hall–Kier alpha value is -2.95. The van der Waals surface area contributed by atoms with E-state index in [0.717, 1.165) is 5.56 Å². The number of ether oxygens (including phenoxy) is 3. The third-order valence-corrected chi connectivity index (χ3v) is 3.91. The first kappa shape index (κ1) is 14.6. The minimum absolute atomic E-state index is 0.0871. The van der Waals surface area contributed by atoms with Gasteiger partial charge in [0.1, 0.15) is 30.8 Å². The molecule has 0 N–H and O–H groups in total. The minimum Gasteiger partial charge on any atom is -0.494 e. The van der Waals surface area contributed by atoms with Crippen molar-refractivity contribution in [3.63, 3.8) is 0 Å².